The van der Waals surface area contributed by atoms with Gasteiger partial charge in [0.25, 0.3) is 11.6 Å². The lowest BCUT2D eigenvalue weighted by molar-refractivity contribution is -0.384. The summed E-state index contributed by atoms with van der Waals surface area (Å²) in [4.78, 5) is 25.4. The number of nitro groups is 1. The lowest BCUT2D eigenvalue weighted by Gasteiger charge is -2.38. The molecular weight excluding hydrogens is 342 g/mol. The van der Waals surface area contributed by atoms with Crippen LogP contribution in [0.4, 0.5) is 11.4 Å². The number of benzene rings is 3. The molecule has 1 N–H and O–H groups in total. The number of carbonyl (C=O) groups is 1. The summed E-state index contributed by atoms with van der Waals surface area (Å²) in [7, 11) is 0. The maximum atomic E-state index is 13.2. The molecule has 3 aromatic carbocycles. The van der Waals surface area contributed by atoms with E-state index in [-0.39, 0.29) is 11.6 Å². The Labute approximate surface area is 156 Å². The Kier molecular flexibility index (Phi) is 4.30. The molecule has 1 atom stereocenters. The molecule has 3 aromatic rings. The van der Waals surface area contributed by atoms with Gasteiger partial charge < -0.3 is 10.2 Å². The number of amides is 1. The first kappa shape index (κ1) is 16.8. The van der Waals surface area contributed by atoms with Crippen LogP contribution in [0, 0.1) is 10.1 Å². The van der Waals surface area contributed by atoms with Crippen molar-refractivity contribution >= 4 is 17.3 Å². The molecule has 0 fully saturated rings. The molecule has 0 bridgehead atoms. The fourth-order valence-electron chi connectivity index (χ4n) is 3.28. The lowest BCUT2D eigenvalue weighted by Crippen LogP contribution is -2.42. The van der Waals surface area contributed by atoms with Crippen LogP contribution in [-0.2, 0) is 6.54 Å². The van der Waals surface area contributed by atoms with Gasteiger partial charge in [0.15, 0.2) is 0 Å². The predicted octanol–water partition coefficient (Wildman–Crippen LogP) is 4.36. The van der Waals surface area contributed by atoms with E-state index in [4.69, 9.17) is 0 Å². The summed E-state index contributed by atoms with van der Waals surface area (Å²) < 4.78 is 0. The van der Waals surface area contributed by atoms with Crippen molar-refractivity contribution in [2.75, 3.05) is 5.32 Å². The highest BCUT2D eigenvalue weighted by Gasteiger charge is 2.32. The number of nitrogens with zero attached hydrogens (tertiary/aromatic N) is 2. The number of hydrogen-bond donors (Lipinski definition) is 1. The van der Waals surface area contributed by atoms with Gasteiger partial charge in [-0.25, -0.2) is 0 Å². The smallest absolute Gasteiger partial charge is 0.269 e. The van der Waals surface area contributed by atoms with E-state index in [9.17, 15) is 14.9 Å². The number of para-hydroxylation sites is 1. The van der Waals surface area contributed by atoms with E-state index < -0.39 is 11.1 Å². The molecule has 0 aliphatic carbocycles. The molecule has 1 amide bonds. The van der Waals surface area contributed by atoms with Crippen LogP contribution in [0.3, 0.4) is 0 Å². The monoisotopic (exact) mass is 359 g/mol. The van der Waals surface area contributed by atoms with E-state index >= 15 is 0 Å². The second-order valence-electron chi connectivity index (χ2n) is 6.36. The molecule has 4 rings (SSSR count). The highest BCUT2D eigenvalue weighted by atomic mass is 16.6. The number of fused-ring (bicyclic) bond motifs is 1. The van der Waals surface area contributed by atoms with Crippen LogP contribution in [0.5, 0.6) is 0 Å². The summed E-state index contributed by atoms with van der Waals surface area (Å²) in [6.45, 7) is 0.433. The number of anilines is 1. The minimum Gasteiger partial charge on any atom is -0.361 e. The fraction of sp³-hybridized carbons (Fsp3) is 0.0952. The van der Waals surface area contributed by atoms with Crippen molar-refractivity contribution in [3.05, 3.63) is 106 Å². The van der Waals surface area contributed by atoms with Gasteiger partial charge in [-0.15, -0.1) is 0 Å². The fourth-order valence-corrected chi connectivity index (χ4v) is 3.28. The molecule has 0 saturated carbocycles. The van der Waals surface area contributed by atoms with E-state index in [2.05, 4.69) is 5.32 Å². The second-order valence-corrected chi connectivity index (χ2v) is 6.36. The van der Waals surface area contributed by atoms with Crippen LogP contribution >= 0.6 is 0 Å². The Bertz CT molecular complexity index is 987. The maximum Gasteiger partial charge on any atom is 0.269 e. The summed E-state index contributed by atoms with van der Waals surface area (Å²) in [5, 5.41) is 14.3. The van der Waals surface area contributed by atoms with Gasteiger partial charge in [-0.3, -0.25) is 14.9 Å². The largest absolute Gasteiger partial charge is 0.361 e. The van der Waals surface area contributed by atoms with Crippen molar-refractivity contribution in [2.24, 2.45) is 0 Å². The summed E-state index contributed by atoms with van der Waals surface area (Å²) in [6, 6.07) is 23.4. The summed E-state index contributed by atoms with van der Waals surface area (Å²) in [5.74, 6) is -0.0726. The Morgan fingerprint density at radius 2 is 1.59 bits per heavy atom. The number of carbonyl (C=O) groups excluding carboxylic acids is 1. The zero-order valence-corrected chi connectivity index (χ0v) is 14.4. The number of hydrogen-bond acceptors (Lipinski definition) is 4. The molecular formula is C21H17N3O3. The average Bonchev–Trinajstić information content (AvgIpc) is 2.71. The molecule has 0 spiro atoms. The van der Waals surface area contributed by atoms with Gasteiger partial charge in [0.2, 0.25) is 0 Å². The van der Waals surface area contributed by atoms with Crippen molar-refractivity contribution in [2.45, 2.75) is 12.7 Å². The van der Waals surface area contributed by atoms with E-state index in [0.717, 1.165) is 16.8 Å². The Hall–Kier alpha value is -3.67. The molecule has 0 aromatic heterocycles. The van der Waals surface area contributed by atoms with Gasteiger partial charge in [-0.1, -0.05) is 42.5 Å². The van der Waals surface area contributed by atoms with E-state index in [0.29, 0.717) is 12.1 Å². The first-order valence-electron chi connectivity index (χ1n) is 8.58. The highest BCUT2D eigenvalue weighted by Crippen LogP contribution is 2.34. The van der Waals surface area contributed by atoms with Crippen LogP contribution in [-0.4, -0.2) is 15.7 Å². The van der Waals surface area contributed by atoms with Gasteiger partial charge in [0, 0.05) is 24.4 Å². The molecule has 0 saturated heterocycles. The molecule has 1 aliphatic rings. The molecule has 27 heavy (non-hydrogen) atoms. The van der Waals surface area contributed by atoms with Crippen LogP contribution < -0.4 is 5.32 Å². The SMILES string of the molecule is O=C1c2ccccc2NC(c2ccc([N+](=O)[O-])cc2)N1Cc1ccccc1. The molecule has 6 nitrogen and oxygen atoms in total. The lowest BCUT2D eigenvalue weighted by atomic mass is 10.0. The Morgan fingerprint density at radius 3 is 2.30 bits per heavy atom. The number of nitrogens with one attached hydrogen (secondary N) is 1. The zero-order chi connectivity index (χ0) is 18.8. The van der Waals surface area contributed by atoms with Crippen LogP contribution in [0.25, 0.3) is 0 Å². The molecule has 1 aliphatic heterocycles. The van der Waals surface area contributed by atoms with Gasteiger partial charge in [-0.2, -0.15) is 0 Å². The van der Waals surface area contributed by atoms with E-state index in [1.54, 1.807) is 23.1 Å². The molecule has 1 heterocycles. The third-order valence-corrected chi connectivity index (χ3v) is 4.64. The topological polar surface area (TPSA) is 75.5 Å². The van der Waals surface area contributed by atoms with Gasteiger partial charge >= 0.3 is 0 Å². The van der Waals surface area contributed by atoms with Crippen LogP contribution in [0.2, 0.25) is 0 Å². The predicted molar refractivity (Wildman–Crippen MR) is 102 cm³/mol. The average molecular weight is 359 g/mol. The van der Waals surface area contributed by atoms with Gasteiger partial charge in [-0.05, 0) is 35.4 Å². The summed E-state index contributed by atoms with van der Waals surface area (Å²) in [5.41, 5.74) is 3.20. The van der Waals surface area contributed by atoms with Crippen molar-refractivity contribution in [3.63, 3.8) is 0 Å². The minimum atomic E-state index is -0.430. The molecule has 0 radical (unpaired) electrons. The minimum absolute atomic E-state index is 0.0240. The third-order valence-electron chi connectivity index (χ3n) is 4.64. The summed E-state index contributed by atoms with van der Waals surface area (Å²) >= 11 is 0. The maximum absolute atomic E-state index is 13.2. The zero-order valence-electron chi connectivity index (χ0n) is 14.4. The van der Waals surface area contributed by atoms with Gasteiger partial charge in [0.1, 0.15) is 6.17 Å². The Balaban J connectivity index is 1.74. The van der Waals surface area contributed by atoms with Crippen molar-refractivity contribution in [1.82, 2.24) is 4.90 Å². The molecule has 134 valence electrons. The molecule has 6 heteroatoms. The van der Waals surface area contributed by atoms with Gasteiger partial charge in [0.05, 0.1) is 10.5 Å². The molecule has 1 unspecified atom stereocenters. The van der Waals surface area contributed by atoms with Crippen molar-refractivity contribution in [1.29, 1.82) is 0 Å². The quantitative estimate of drug-likeness (QED) is 0.555. The first-order valence-corrected chi connectivity index (χ1v) is 8.58. The second kappa shape index (κ2) is 6.92. The number of non-ortho nitro benzene ring substituents is 1. The van der Waals surface area contributed by atoms with E-state index in [1.165, 1.54) is 12.1 Å². The number of nitro benzene ring substituents is 1. The standard InChI is InChI=1S/C21H17N3O3/c25-21-18-8-4-5-9-19(18)22-20(16-10-12-17(13-11-16)24(26)27)23(21)14-15-6-2-1-3-7-15/h1-13,20,22H,14H2. The highest BCUT2D eigenvalue weighted by molar-refractivity contribution is 6.01. The normalized spacial score (nSPS) is 15.8. The third kappa shape index (κ3) is 3.25. The van der Waals surface area contributed by atoms with E-state index in [1.807, 2.05) is 48.5 Å². The van der Waals surface area contributed by atoms with Crippen molar-refractivity contribution < 1.29 is 9.72 Å². The summed E-state index contributed by atoms with van der Waals surface area (Å²) in [6.07, 6.45) is -0.409. The van der Waals surface area contributed by atoms with Crippen LogP contribution in [0.15, 0.2) is 78.9 Å². The van der Waals surface area contributed by atoms with Crippen molar-refractivity contribution in [3.8, 4) is 0 Å². The Morgan fingerprint density at radius 1 is 0.926 bits per heavy atom. The first-order chi connectivity index (χ1) is 13.1. The van der Waals surface area contributed by atoms with Crippen LogP contribution in [0.1, 0.15) is 27.7 Å². The number of rotatable bonds is 4.